The zero-order chi connectivity index (χ0) is 15.7. The summed E-state index contributed by atoms with van der Waals surface area (Å²) in [5, 5.41) is 7.66. The number of hydrogen-bond acceptors (Lipinski definition) is 2. The second kappa shape index (κ2) is 6.38. The maximum Gasteiger partial charge on any atom is 0.223 e. The number of halogens is 2. The molecular weight excluding hydrogens is 319 g/mol. The zero-order valence-corrected chi connectivity index (χ0v) is 14.3. The van der Waals surface area contributed by atoms with Crippen LogP contribution in [0.15, 0.2) is 18.2 Å². The van der Waals surface area contributed by atoms with Crippen LogP contribution < -0.4 is 10.6 Å². The van der Waals surface area contributed by atoms with Gasteiger partial charge in [-0.2, -0.15) is 0 Å². The van der Waals surface area contributed by atoms with Gasteiger partial charge in [0.2, 0.25) is 5.91 Å². The Labute approximate surface area is 141 Å². The molecular formula is C17H22Cl2N2O. The van der Waals surface area contributed by atoms with Crippen LogP contribution in [0.4, 0.5) is 0 Å². The molecule has 1 aromatic carbocycles. The number of rotatable bonds is 4. The molecule has 5 heteroatoms. The molecule has 2 unspecified atom stereocenters. The van der Waals surface area contributed by atoms with Crippen molar-refractivity contribution in [1.29, 1.82) is 0 Å². The third kappa shape index (κ3) is 3.42. The maximum absolute atomic E-state index is 12.4. The van der Waals surface area contributed by atoms with Gasteiger partial charge in [0.05, 0.1) is 10.0 Å². The summed E-state index contributed by atoms with van der Waals surface area (Å²) in [6.45, 7) is 5.10. The molecule has 1 heterocycles. The van der Waals surface area contributed by atoms with Crippen molar-refractivity contribution >= 4 is 29.1 Å². The van der Waals surface area contributed by atoms with Gasteiger partial charge in [-0.15, -0.1) is 0 Å². The Morgan fingerprint density at radius 2 is 2.09 bits per heavy atom. The van der Waals surface area contributed by atoms with Gasteiger partial charge in [0.1, 0.15) is 0 Å². The van der Waals surface area contributed by atoms with Crippen molar-refractivity contribution in [3.63, 3.8) is 0 Å². The summed E-state index contributed by atoms with van der Waals surface area (Å²) in [4.78, 5) is 12.4. The lowest BCUT2D eigenvalue weighted by atomic mass is 9.81. The summed E-state index contributed by atoms with van der Waals surface area (Å²) < 4.78 is 0. The third-order valence-electron chi connectivity index (χ3n) is 5.01. The Kier molecular flexibility index (Phi) is 4.67. The minimum atomic E-state index is 0.0429. The molecule has 0 spiro atoms. The molecule has 2 N–H and O–H groups in total. The molecule has 1 aliphatic heterocycles. The highest BCUT2D eigenvalue weighted by Crippen LogP contribution is 2.50. The molecule has 0 aromatic heterocycles. The first kappa shape index (κ1) is 16.1. The van der Waals surface area contributed by atoms with E-state index in [1.807, 2.05) is 12.1 Å². The Hall–Kier alpha value is -0.770. The minimum absolute atomic E-state index is 0.0429. The van der Waals surface area contributed by atoms with E-state index < -0.39 is 0 Å². The van der Waals surface area contributed by atoms with Gasteiger partial charge >= 0.3 is 0 Å². The molecule has 22 heavy (non-hydrogen) atoms. The number of carbonyl (C=O) groups excluding carboxylic acids is 1. The molecule has 0 radical (unpaired) electrons. The van der Waals surface area contributed by atoms with Crippen molar-refractivity contribution in [2.75, 3.05) is 19.6 Å². The lowest BCUT2D eigenvalue weighted by Crippen LogP contribution is -2.43. The fourth-order valence-electron chi connectivity index (χ4n) is 3.27. The molecule has 2 atom stereocenters. The fourth-order valence-corrected chi connectivity index (χ4v) is 3.72. The predicted octanol–water partition coefficient (Wildman–Crippen LogP) is 3.60. The highest BCUT2D eigenvalue weighted by atomic mass is 35.5. The molecule has 1 saturated carbocycles. The number of hydrogen-bond donors (Lipinski definition) is 2. The van der Waals surface area contributed by atoms with Gasteiger partial charge in [0.25, 0.3) is 0 Å². The number of nitrogens with one attached hydrogen (secondary N) is 2. The maximum atomic E-state index is 12.4. The first-order chi connectivity index (χ1) is 10.5. The van der Waals surface area contributed by atoms with Gasteiger partial charge < -0.3 is 10.6 Å². The molecule has 0 bridgehead atoms. The third-order valence-corrected chi connectivity index (χ3v) is 5.84. The summed E-state index contributed by atoms with van der Waals surface area (Å²) in [5.41, 5.74) is 1.22. The zero-order valence-electron chi connectivity index (χ0n) is 12.8. The van der Waals surface area contributed by atoms with Gasteiger partial charge in [-0.3, -0.25) is 4.79 Å². The van der Waals surface area contributed by atoms with E-state index in [2.05, 4.69) is 17.6 Å². The van der Waals surface area contributed by atoms with E-state index >= 15 is 0 Å². The van der Waals surface area contributed by atoms with Crippen LogP contribution in [0.3, 0.4) is 0 Å². The molecule has 2 aliphatic rings. The summed E-state index contributed by atoms with van der Waals surface area (Å²) in [6, 6.07) is 5.65. The summed E-state index contributed by atoms with van der Waals surface area (Å²) in [5.74, 6) is 0.411. The standard InChI is InChI=1S/C17H22Cl2N2O/c1-17(5-7-20-8-6-17)10-21-16(22)13-9-12(13)11-3-2-4-14(18)15(11)19/h2-4,12-13,20H,5-10H2,1H3,(H,21,22). The Morgan fingerprint density at radius 1 is 1.36 bits per heavy atom. The first-order valence-electron chi connectivity index (χ1n) is 7.92. The normalized spacial score (nSPS) is 26.5. The molecule has 120 valence electrons. The van der Waals surface area contributed by atoms with Crippen LogP contribution in [0.2, 0.25) is 10.0 Å². The van der Waals surface area contributed by atoms with E-state index in [-0.39, 0.29) is 23.2 Å². The van der Waals surface area contributed by atoms with Crippen LogP contribution in [0, 0.1) is 11.3 Å². The van der Waals surface area contributed by atoms with Crippen LogP contribution in [0.5, 0.6) is 0 Å². The van der Waals surface area contributed by atoms with Crippen LogP contribution >= 0.6 is 23.2 Å². The van der Waals surface area contributed by atoms with Crippen molar-refractivity contribution in [3.05, 3.63) is 33.8 Å². The lowest BCUT2D eigenvalue weighted by molar-refractivity contribution is -0.123. The van der Waals surface area contributed by atoms with Crippen LogP contribution in [-0.2, 0) is 4.79 Å². The van der Waals surface area contributed by atoms with E-state index in [0.717, 1.165) is 44.5 Å². The molecule has 3 rings (SSSR count). The van der Waals surface area contributed by atoms with Crippen LogP contribution in [-0.4, -0.2) is 25.5 Å². The largest absolute Gasteiger partial charge is 0.355 e. The van der Waals surface area contributed by atoms with E-state index in [0.29, 0.717) is 10.0 Å². The molecule has 1 saturated heterocycles. The van der Waals surface area contributed by atoms with Crippen LogP contribution in [0.1, 0.15) is 37.7 Å². The topological polar surface area (TPSA) is 41.1 Å². The average molecular weight is 341 g/mol. The van der Waals surface area contributed by atoms with Crippen molar-refractivity contribution in [3.8, 4) is 0 Å². The second-order valence-corrected chi connectivity index (χ2v) is 7.66. The van der Waals surface area contributed by atoms with Gasteiger partial charge in [-0.1, -0.05) is 42.3 Å². The highest BCUT2D eigenvalue weighted by Gasteiger charge is 2.45. The Bertz CT molecular complexity index is 570. The second-order valence-electron chi connectivity index (χ2n) is 6.87. The number of piperidine rings is 1. The fraction of sp³-hybridized carbons (Fsp3) is 0.588. The highest BCUT2D eigenvalue weighted by molar-refractivity contribution is 6.42. The average Bonchev–Trinajstić information content (AvgIpc) is 3.29. The SMILES string of the molecule is CC1(CNC(=O)C2CC2c2cccc(Cl)c2Cl)CCNCC1. The van der Waals surface area contributed by atoms with Crippen molar-refractivity contribution in [2.24, 2.45) is 11.3 Å². The molecule has 1 aromatic rings. The van der Waals surface area contributed by atoms with Crippen molar-refractivity contribution < 1.29 is 4.79 Å². The quantitative estimate of drug-likeness (QED) is 0.879. The predicted molar refractivity (Wildman–Crippen MR) is 90.5 cm³/mol. The number of benzene rings is 1. The molecule has 1 amide bonds. The monoisotopic (exact) mass is 340 g/mol. The van der Waals surface area contributed by atoms with E-state index in [4.69, 9.17) is 23.2 Å². The summed E-state index contributed by atoms with van der Waals surface area (Å²) in [7, 11) is 0. The Morgan fingerprint density at radius 3 is 2.82 bits per heavy atom. The molecule has 1 aliphatic carbocycles. The smallest absolute Gasteiger partial charge is 0.223 e. The first-order valence-corrected chi connectivity index (χ1v) is 8.68. The molecule has 2 fully saturated rings. The number of amides is 1. The summed E-state index contributed by atoms with van der Waals surface area (Å²) in [6.07, 6.45) is 3.09. The van der Waals surface area contributed by atoms with E-state index in [1.54, 1.807) is 6.07 Å². The van der Waals surface area contributed by atoms with Crippen molar-refractivity contribution in [2.45, 2.75) is 32.1 Å². The Balaban J connectivity index is 1.55. The van der Waals surface area contributed by atoms with E-state index in [1.165, 1.54) is 0 Å². The van der Waals surface area contributed by atoms with Gasteiger partial charge in [-0.05, 0) is 55.3 Å². The lowest BCUT2D eigenvalue weighted by Gasteiger charge is -2.34. The van der Waals surface area contributed by atoms with Crippen LogP contribution in [0.25, 0.3) is 0 Å². The number of carbonyl (C=O) groups is 1. The van der Waals surface area contributed by atoms with Gasteiger partial charge in [-0.25, -0.2) is 0 Å². The summed E-state index contributed by atoms with van der Waals surface area (Å²) >= 11 is 12.3. The molecule has 3 nitrogen and oxygen atoms in total. The van der Waals surface area contributed by atoms with Gasteiger partial charge in [0, 0.05) is 12.5 Å². The minimum Gasteiger partial charge on any atom is -0.355 e. The van der Waals surface area contributed by atoms with E-state index in [9.17, 15) is 4.79 Å². The van der Waals surface area contributed by atoms with Gasteiger partial charge in [0.15, 0.2) is 0 Å². The van der Waals surface area contributed by atoms with Crippen molar-refractivity contribution in [1.82, 2.24) is 10.6 Å².